The lowest BCUT2D eigenvalue weighted by atomic mass is 10.00. The van der Waals surface area contributed by atoms with Gasteiger partial charge in [0, 0.05) is 27.6 Å². The number of hydrogen-bond donors (Lipinski definition) is 1. The molecule has 0 aliphatic carbocycles. The zero-order chi connectivity index (χ0) is 22.7. The Morgan fingerprint density at radius 3 is 2.77 bits per heavy atom. The Labute approximate surface area is 183 Å². The molecule has 1 aliphatic heterocycles. The molecular formula is C17H24ClFN2O7PS+. The average Bonchev–Trinajstić information content (AvgIpc) is 2.86. The third-order valence-electron chi connectivity index (χ3n) is 4.07. The lowest BCUT2D eigenvalue weighted by Crippen LogP contribution is -2.41. The Morgan fingerprint density at radius 2 is 2.17 bits per heavy atom. The van der Waals surface area contributed by atoms with Gasteiger partial charge in [0.15, 0.2) is 11.3 Å². The van der Waals surface area contributed by atoms with Crippen LogP contribution in [0.2, 0.25) is 0 Å². The van der Waals surface area contributed by atoms with Gasteiger partial charge in [0.2, 0.25) is 0 Å². The first-order chi connectivity index (χ1) is 13.8. The first kappa shape index (κ1) is 25.3. The molecule has 1 saturated heterocycles. The molecule has 0 aromatic carbocycles. The molecule has 1 unspecified atom stereocenters. The van der Waals surface area contributed by atoms with E-state index in [0.717, 1.165) is 16.3 Å². The van der Waals surface area contributed by atoms with E-state index in [9.17, 15) is 23.7 Å². The number of alkyl halides is 2. The minimum Gasteiger partial charge on any atom is -0.385 e. The van der Waals surface area contributed by atoms with Crippen molar-refractivity contribution in [1.82, 2.24) is 9.55 Å². The van der Waals surface area contributed by atoms with Gasteiger partial charge in [-0.3, -0.25) is 9.36 Å². The summed E-state index contributed by atoms with van der Waals surface area (Å²) in [5, 5.41) is 7.28. The van der Waals surface area contributed by atoms with Gasteiger partial charge < -0.3 is 9.84 Å². The van der Waals surface area contributed by atoms with Crippen molar-refractivity contribution in [3.8, 4) is 0 Å². The molecule has 30 heavy (non-hydrogen) atoms. The Hall–Kier alpha value is -0.940. The molecule has 1 aromatic heterocycles. The topological polar surface area (TPSA) is 117 Å². The number of halogens is 2. The van der Waals surface area contributed by atoms with Gasteiger partial charge in [-0.2, -0.15) is 4.98 Å². The summed E-state index contributed by atoms with van der Waals surface area (Å²) in [4.78, 5) is 27.4. The van der Waals surface area contributed by atoms with Crippen LogP contribution in [0, 0.1) is 12.3 Å². The van der Waals surface area contributed by atoms with E-state index in [1.54, 1.807) is 27.7 Å². The molecule has 5 atom stereocenters. The number of aryl methyl sites for hydroxylation is 1. The van der Waals surface area contributed by atoms with Crippen LogP contribution in [0.1, 0.15) is 32.7 Å². The summed E-state index contributed by atoms with van der Waals surface area (Å²) < 4.78 is 42.8. The van der Waals surface area contributed by atoms with Crippen LogP contribution >= 0.6 is 31.6 Å². The van der Waals surface area contributed by atoms with E-state index in [4.69, 9.17) is 25.4 Å². The zero-order valence-electron chi connectivity index (χ0n) is 16.9. The minimum absolute atomic E-state index is 0.00855. The summed E-state index contributed by atoms with van der Waals surface area (Å²) in [6.45, 7) is 6.45. The van der Waals surface area contributed by atoms with Crippen LogP contribution in [0.25, 0.3) is 0 Å². The van der Waals surface area contributed by atoms with E-state index < -0.39 is 49.5 Å². The van der Waals surface area contributed by atoms with Crippen molar-refractivity contribution >= 4 is 36.7 Å². The van der Waals surface area contributed by atoms with E-state index in [0.29, 0.717) is 5.69 Å². The molecule has 13 heteroatoms. The van der Waals surface area contributed by atoms with Crippen molar-refractivity contribution in [1.29, 1.82) is 0 Å². The van der Waals surface area contributed by atoms with E-state index in [2.05, 4.69) is 4.98 Å². The normalized spacial score (nSPS) is 27.3. The number of ether oxygens (including phenoxy) is 1. The van der Waals surface area contributed by atoms with Gasteiger partial charge in [-0.05, 0) is 13.0 Å². The molecule has 1 fully saturated rings. The molecule has 1 N–H and O–H groups in total. The van der Waals surface area contributed by atoms with E-state index in [-0.39, 0.29) is 17.5 Å². The molecule has 0 amide bonds. The van der Waals surface area contributed by atoms with Crippen molar-refractivity contribution in [2.24, 2.45) is 5.41 Å². The molecule has 9 nitrogen and oxygen atoms in total. The van der Waals surface area contributed by atoms with Gasteiger partial charge in [0.1, 0.15) is 25.4 Å². The van der Waals surface area contributed by atoms with Crippen LogP contribution in [-0.4, -0.2) is 56.1 Å². The van der Waals surface area contributed by atoms with Crippen LogP contribution in [0.15, 0.2) is 17.1 Å². The Kier molecular flexibility index (Phi) is 8.54. The number of aromatic nitrogens is 2. The molecule has 2 heterocycles. The van der Waals surface area contributed by atoms with Crippen LogP contribution in [-0.2, 0) is 23.1 Å². The highest BCUT2D eigenvalue weighted by atomic mass is 35.5. The van der Waals surface area contributed by atoms with Crippen LogP contribution < -0.4 is 5.69 Å². The second-order valence-electron chi connectivity index (χ2n) is 7.64. The van der Waals surface area contributed by atoms with Crippen molar-refractivity contribution in [3.63, 3.8) is 0 Å². The number of nitrogens with zero attached hydrogens (tertiary/aromatic N) is 2. The highest BCUT2D eigenvalue weighted by molar-refractivity contribution is 8.13. The van der Waals surface area contributed by atoms with E-state index in [1.165, 1.54) is 12.3 Å². The molecule has 0 spiro atoms. The Bertz CT molecular complexity index is 848. The molecule has 0 radical (unpaired) electrons. The fourth-order valence-electron chi connectivity index (χ4n) is 2.42. The van der Waals surface area contributed by atoms with Gasteiger partial charge in [-0.25, -0.2) is 9.18 Å². The first-order valence-corrected chi connectivity index (χ1v) is 11.5. The summed E-state index contributed by atoms with van der Waals surface area (Å²) in [5.41, 5.74) is -0.871. The fraction of sp³-hybridized carbons (Fsp3) is 0.706. The second-order valence-corrected chi connectivity index (χ2v) is 10.3. The van der Waals surface area contributed by atoms with Crippen molar-refractivity contribution in [3.05, 3.63) is 28.4 Å². The smallest absolute Gasteiger partial charge is 0.385 e. The number of rotatable bonds is 8. The Balaban J connectivity index is 1.86. The monoisotopic (exact) mass is 485 g/mol. The van der Waals surface area contributed by atoms with E-state index in [1.807, 2.05) is 0 Å². The largest absolute Gasteiger partial charge is 0.697 e. The van der Waals surface area contributed by atoms with Crippen molar-refractivity contribution < 1.29 is 32.6 Å². The third kappa shape index (κ3) is 6.29. The molecule has 1 aromatic rings. The summed E-state index contributed by atoms with van der Waals surface area (Å²) in [5.74, 6) is 0.282. The maximum atomic E-state index is 14.8. The quantitative estimate of drug-likeness (QED) is 0.337. The number of aliphatic hydroxyl groups is 1. The number of aliphatic hydroxyl groups excluding tert-OH is 1. The summed E-state index contributed by atoms with van der Waals surface area (Å²) in [6, 6.07) is 1.46. The second kappa shape index (κ2) is 10.1. The molecule has 0 bridgehead atoms. The zero-order valence-corrected chi connectivity index (χ0v) is 19.4. The highest BCUT2D eigenvalue weighted by Gasteiger charge is 2.58. The van der Waals surface area contributed by atoms with Crippen LogP contribution in [0.3, 0.4) is 0 Å². The summed E-state index contributed by atoms with van der Waals surface area (Å²) in [7, 11) is -2.60. The first-order valence-electron chi connectivity index (χ1n) is 9.01. The predicted molar refractivity (Wildman–Crippen MR) is 109 cm³/mol. The standard InChI is InChI=1S/C17H24ClFN2O7PS/c1-10-5-6-21(15(24)20-10)13-17(18,19)12(22)11(28-13)9-27-29(25)26-7-8-30-14(23)16(2,3)4/h5-6,11-13,22H,7-9H2,1-4H3/q+1/t11-,12-,13-,17-/m1/s1. The highest BCUT2D eigenvalue weighted by Crippen LogP contribution is 2.44. The lowest BCUT2D eigenvalue weighted by Gasteiger charge is -2.22. The predicted octanol–water partition coefficient (Wildman–Crippen LogP) is 2.71. The van der Waals surface area contributed by atoms with Gasteiger partial charge in [-0.1, -0.05) is 44.1 Å². The van der Waals surface area contributed by atoms with Crippen LogP contribution in [0.4, 0.5) is 4.39 Å². The third-order valence-corrected chi connectivity index (χ3v) is 6.48. The minimum atomic E-state index is -2.83. The molecule has 0 saturated carbocycles. The maximum Gasteiger partial charge on any atom is 0.697 e. The Morgan fingerprint density at radius 1 is 1.50 bits per heavy atom. The number of carbonyl (C=O) groups is 1. The van der Waals surface area contributed by atoms with Gasteiger partial charge in [0.25, 0.3) is 5.13 Å². The van der Waals surface area contributed by atoms with Crippen molar-refractivity contribution in [2.45, 2.75) is 51.3 Å². The SMILES string of the molecule is Cc1ccn([C@@H]2O[C@H](CO[P+](=O)OCCSC(=O)C(C)(C)C)[C@@H](O)[C@]2(F)Cl)c(=O)n1. The average molecular weight is 486 g/mol. The van der Waals surface area contributed by atoms with Crippen LogP contribution in [0.5, 0.6) is 0 Å². The number of carbonyl (C=O) groups excluding carboxylic acids is 1. The van der Waals surface area contributed by atoms with Gasteiger partial charge >= 0.3 is 13.9 Å². The van der Waals surface area contributed by atoms with Gasteiger partial charge in [-0.15, -0.1) is 9.05 Å². The number of hydrogen-bond acceptors (Lipinski definition) is 9. The lowest BCUT2D eigenvalue weighted by molar-refractivity contribution is -0.117. The van der Waals surface area contributed by atoms with Crippen molar-refractivity contribution in [2.75, 3.05) is 19.0 Å². The van der Waals surface area contributed by atoms with Gasteiger partial charge in [0.05, 0.1) is 0 Å². The fourth-order valence-corrected chi connectivity index (χ4v) is 4.21. The maximum absolute atomic E-state index is 14.8. The summed E-state index contributed by atoms with van der Waals surface area (Å²) >= 11 is 6.84. The molecular weight excluding hydrogens is 462 g/mol. The number of thioether (sulfide) groups is 1. The summed E-state index contributed by atoms with van der Waals surface area (Å²) in [6.07, 6.45) is -3.56. The molecule has 2 rings (SSSR count). The molecule has 168 valence electrons. The molecule has 1 aliphatic rings. The van der Waals surface area contributed by atoms with E-state index >= 15 is 0 Å².